The van der Waals surface area contributed by atoms with Crippen LogP contribution in [0.2, 0.25) is 0 Å². The van der Waals surface area contributed by atoms with Gasteiger partial charge in [0, 0.05) is 12.4 Å². The van der Waals surface area contributed by atoms with E-state index in [1.165, 1.54) is 28.7 Å². The fourth-order valence-corrected chi connectivity index (χ4v) is 7.65. The zero-order valence-corrected chi connectivity index (χ0v) is 17.4. The molecule has 0 saturated heterocycles. The molecule has 0 aliphatic heterocycles. The van der Waals surface area contributed by atoms with Crippen LogP contribution in [0.1, 0.15) is 64.9 Å². The van der Waals surface area contributed by atoms with E-state index in [4.69, 9.17) is 0 Å². The Morgan fingerprint density at radius 2 is 1.82 bits per heavy atom. The zero-order chi connectivity index (χ0) is 19.7. The van der Waals surface area contributed by atoms with Gasteiger partial charge in [0.1, 0.15) is 0 Å². The van der Waals surface area contributed by atoms with Crippen LogP contribution < -0.4 is 0 Å². The highest BCUT2D eigenvalue weighted by atomic mass is 16.3. The fraction of sp³-hybridized carbons (Fsp3) is 0.640. The largest absolute Gasteiger partial charge is 0.393 e. The fourth-order valence-electron chi connectivity index (χ4n) is 7.65. The topological polar surface area (TPSA) is 53.4 Å². The summed E-state index contributed by atoms with van der Waals surface area (Å²) in [5, 5.41) is 21.5. The first-order chi connectivity index (χ1) is 13.3. The number of allylic oxidation sites excluding steroid dienone is 2. The summed E-state index contributed by atoms with van der Waals surface area (Å²) in [6.07, 6.45) is 11.5. The molecule has 4 aliphatic carbocycles. The van der Waals surface area contributed by atoms with Gasteiger partial charge in [0.25, 0.3) is 0 Å². The van der Waals surface area contributed by atoms with Crippen molar-refractivity contribution in [3.8, 4) is 0 Å². The summed E-state index contributed by atoms with van der Waals surface area (Å²) in [5.41, 5.74) is 5.80. The van der Waals surface area contributed by atoms with Gasteiger partial charge in [0.15, 0.2) is 0 Å². The van der Waals surface area contributed by atoms with Crippen molar-refractivity contribution in [1.82, 2.24) is 4.98 Å². The lowest BCUT2D eigenvalue weighted by atomic mass is 9.46. The molecule has 2 saturated carbocycles. The summed E-state index contributed by atoms with van der Waals surface area (Å²) < 4.78 is 0. The molecule has 1 heterocycles. The molecule has 1 aromatic heterocycles. The van der Waals surface area contributed by atoms with Crippen LogP contribution in [0.4, 0.5) is 0 Å². The average molecular weight is 380 g/mol. The van der Waals surface area contributed by atoms with Crippen LogP contribution in [0.3, 0.4) is 0 Å². The first-order valence-corrected chi connectivity index (χ1v) is 11.0. The van der Waals surface area contributed by atoms with Gasteiger partial charge in [-0.3, -0.25) is 4.98 Å². The van der Waals surface area contributed by atoms with Crippen molar-refractivity contribution in [2.24, 2.45) is 28.6 Å². The third kappa shape index (κ3) is 2.45. The van der Waals surface area contributed by atoms with E-state index in [1.54, 1.807) is 0 Å². The van der Waals surface area contributed by atoms with E-state index in [1.807, 2.05) is 18.5 Å². The van der Waals surface area contributed by atoms with Crippen LogP contribution in [0, 0.1) is 28.6 Å². The van der Waals surface area contributed by atoms with E-state index in [0.29, 0.717) is 17.8 Å². The second-order valence-electron chi connectivity index (χ2n) is 10.3. The minimum absolute atomic E-state index is 0.116. The molecule has 1 aromatic rings. The standard InChI is InChI=1S/C25H33NO2/c1-15-11-20-22-19(24(2)8-6-18(27)12-17(24)13-21(22)28)7-9-25(20,3)23(15)16-5-4-10-26-14-16/h4-5,10,13-14,18-22,27-28H,6-9,11-12H2,1-3H3/t18-,19+,20+,21+,22-,24+,25+/m1/s1. The number of rotatable bonds is 1. The normalized spacial score (nSPS) is 45.2. The van der Waals surface area contributed by atoms with Gasteiger partial charge < -0.3 is 10.2 Å². The Kier molecular flexibility index (Phi) is 4.16. The van der Waals surface area contributed by atoms with Crippen LogP contribution in [0.5, 0.6) is 0 Å². The van der Waals surface area contributed by atoms with E-state index in [9.17, 15) is 10.2 Å². The van der Waals surface area contributed by atoms with Gasteiger partial charge in [0.05, 0.1) is 12.2 Å². The number of aliphatic hydroxyl groups excluding tert-OH is 2. The summed E-state index contributed by atoms with van der Waals surface area (Å²) in [7, 11) is 0. The maximum absolute atomic E-state index is 11.3. The number of hydrogen-bond donors (Lipinski definition) is 2. The third-order valence-corrected chi connectivity index (χ3v) is 8.97. The van der Waals surface area contributed by atoms with Crippen LogP contribution in [-0.4, -0.2) is 27.4 Å². The summed E-state index contributed by atoms with van der Waals surface area (Å²) in [6.45, 7) is 7.13. The van der Waals surface area contributed by atoms with Crippen LogP contribution >= 0.6 is 0 Å². The molecule has 0 unspecified atom stereocenters. The van der Waals surface area contributed by atoms with Crippen molar-refractivity contribution >= 4 is 5.57 Å². The molecular weight excluding hydrogens is 346 g/mol. The Bertz CT molecular complexity index is 843. The first-order valence-electron chi connectivity index (χ1n) is 11.0. The molecule has 0 bridgehead atoms. The average Bonchev–Trinajstić information content (AvgIpc) is 2.94. The summed E-state index contributed by atoms with van der Waals surface area (Å²) >= 11 is 0. The minimum Gasteiger partial charge on any atom is -0.393 e. The number of fused-ring (bicyclic) bond motifs is 5. The number of aliphatic hydroxyl groups is 2. The Hall–Kier alpha value is -1.45. The lowest BCUT2D eigenvalue weighted by Crippen LogP contribution is -2.54. The second kappa shape index (κ2) is 6.27. The quantitative estimate of drug-likeness (QED) is 0.692. The third-order valence-electron chi connectivity index (χ3n) is 8.97. The lowest BCUT2D eigenvalue weighted by Gasteiger charge is -2.58. The molecule has 4 aliphatic rings. The number of nitrogens with zero attached hydrogens (tertiary/aromatic N) is 1. The van der Waals surface area contributed by atoms with Crippen LogP contribution in [0.15, 0.2) is 41.7 Å². The summed E-state index contributed by atoms with van der Waals surface area (Å²) in [4.78, 5) is 4.38. The van der Waals surface area contributed by atoms with Crippen molar-refractivity contribution in [1.29, 1.82) is 0 Å². The molecule has 0 amide bonds. The van der Waals surface area contributed by atoms with Gasteiger partial charge in [-0.2, -0.15) is 0 Å². The van der Waals surface area contributed by atoms with E-state index < -0.39 is 0 Å². The van der Waals surface area contributed by atoms with E-state index in [0.717, 1.165) is 32.1 Å². The summed E-state index contributed by atoms with van der Waals surface area (Å²) in [5.74, 6) is 1.32. The van der Waals surface area contributed by atoms with Gasteiger partial charge in [-0.1, -0.05) is 37.1 Å². The molecule has 7 atom stereocenters. The lowest BCUT2D eigenvalue weighted by molar-refractivity contribution is -0.0733. The maximum Gasteiger partial charge on any atom is 0.0757 e. The van der Waals surface area contributed by atoms with Gasteiger partial charge in [-0.05, 0) is 91.2 Å². The molecule has 0 radical (unpaired) electrons. The molecule has 5 rings (SSSR count). The van der Waals surface area contributed by atoms with Gasteiger partial charge in [0.2, 0.25) is 0 Å². The predicted molar refractivity (Wildman–Crippen MR) is 111 cm³/mol. The zero-order valence-electron chi connectivity index (χ0n) is 17.4. The van der Waals surface area contributed by atoms with Crippen molar-refractivity contribution < 1.29 is 10.2 Å². The monoisotopic (exact) mass is 379 g/mol. The Labute approximate surface area is 168 Å². The highest BCUT2D eigenvalue weighted by molar-refractivity contribution is 5.75. The van der Waals surface area contributed by atoms with Crippen molar-refractivity contribution in [2.75, 3.05) is 0 Å². The molecule has 3 nitrogen and oxygen atoms in total. The number of pyridine rings is 1. The number of aromatic nitrogens is 1. The summed E-state index contributed by atoms with van der Waals surface area (Å²) in [6, 6.07) is 4.24. The van der Waals surface area contributed by atoms with Gasteiger partial charge in [-0.25, -0.2) is 0 Å². The smallest absolute Gasteiger partial charge is 0.0757 e. The SMILES string of the molecule is CC1=C(c2cccnc2)[C@@]2(C)CC[C@H]3[C@@H]([C@@H](O)C=C4C[C@H](O)CC[C@@]43C)[C@@H]2C1. The molecule has 150 valence electrons. The van der Waals surface area contributed by atoms with E-state index in [2.05, 4.69) is 37.9 Å². The Morgan fingerprint density at radius 3 is 2.57 bits per heavy atom. The molecule has 28 heavy (non-hydrogen) atoms. The molecule has 0 spiro atoms. The molecule has 0 aromatic carbocycles. The highest BCUT2D eigenvalue weighted by Gasteiger charge is 2.59. The molecular formula is C25H33NO2. The van der Waals surface area contributed by atoms with Gasteiger partial charge in [-0.15, -0.1) is 0 Å². The molecule has 3 heteroatoms. The number of hydrogen-bond acceptors (Lipinski definition) is 3. The van der Waals surface area contributed by atoms with Crippen LogP contribution in [0.25, 0.3) is 5.57 Å². The minimum atomic E-state index is -0.385. The first kappa shape index (κ1) is 18.6. The van der Waals surface area contributed by atoms with Gasteiger partial charge >= 0.3 is 0 Å². The predicted octanol–water partition coefficient (Wildman–Crippen LogP) is 4.76. The van der Waals surface area contributed by atoms with Crippen molar-refractivity contribution in [3.63, 3.8) is 0 Å². The van der Waals surface area contributed by atoms with Crippen molar-refractivity contribution in [2.45, 2.75) is 71.5 Å². The Balaban J connectivity index is 1.55. The van der Waals surface area contributed by atoms with Crippen molar-refractivity contribution in [3.05, 3.63) is 47.3 Å². The highest BCUT2D eigenvalue weighted by Crippen LogP contribution is 2.67. The Morgan fingerprint density at radius 1 is 1.04 bits per heavy atom. The second-order valence-corrected chi connectivity index (χ2v) is 10.3. The molecule has 2 N–H and O–H groups in total. The van der Waals surface area contributed by atoms with Crippen LogP contribution in [-0.2, 0) is 0 Å². The van der Waals surface area contributed by atoms with E-state index >= 15 is 0 Å². The molecule has 2 fully saturated rings. The van der Waals surface area contributed by atoms with E-state index in [-0.39, 0.29) is 23.0 Å². The maximum atomic E-state index is 11.3.